The van der Waals surface area contributed by atoms with Gasteiger partial charge in [-0.05, 0) is 41.3 Å². The maximum atomic E-state index is 13.7. The molecule has 3 aromatic rings. The average molecular weight is 450 g/mol. The number of hydrogen-bond acceptors (Lipinski definition) is 3. The Morgan fingerprint density at radius 3 is 1.91 bits per heavy atom. The lowest BCUT2D eigenvalue weighted by molar-refractivity contribution is -0.150. The SMILES string of the molecule is CCOC(=O)[C@H]1C(=O)C(c2ccccc2)=C(c2ccccc2)[C@@H]1c1ccc(C(F)(F)F)cc1. The van der Waals surface area contributed by atoms with E-state index in [1.54, 1.807) is 31.2 Å². The van der Waals surface area contributed by atoms with Gasteiger partial charge < -0.3 is 4.74 Å². The second kappa shape index (κ2) is 9.06. The van der Waals surface area contributed by atoms with Gasteiger partial charge in [-0.1, -0.05) is 72.8 Å². The lowest BCUT2D eigenvalue weighted by Crippen LogP contribution is -2.28. The summed E-state index contributed by atoms with van der Waals surface area (Å²) in [6, 6.07) is 22.7. The van der Waals surface area contributed by atoms with E-state index in [0.717, 1.165) is 17.7 Å². The number of rotatable bonds is 5. The maximum Gasteiger partial charge on any atom is 0.416 e. The monoisotopic (exact) mass is 450 g/mol. The molecule has 0 fully saturated rings. The van der Waals surface area contributed by atoms with E-state index in [-0.39, 0.29) is 6.61 Å². The summed E-state index contributed by atoms with van der Waals surface area (Å²) in [6.07, 6.45) is -4.49. The van der Waals surface area contributed by atoms with E-state index >= 15 is 0 Å². The summed E-state index contributed by atoms with van der Waals surface area (Å²) >= 11 is 0. The van der Waals surface area contributed by atoms with Crippen LogP contribution < -0.4 is 0 Å². The molecule has 0 unspecified atom stereocenters. The highest BCUT2D eigenvalue weighted by molar-refractivity contribution is 6.37. The molecule has 168 valence electrons. The minimum Gasteiger partial charge on any atom is -0.465 e. The summed E-state index contributed by atoms with van der Waals surface area (Å²) in [4.78, 5) is 26.6. The normalized spacial score (nSPS) is 18.5. The fraction of sp³-hybridized carbons (Fsp3) is 0.185. The highest BCUT2D eigenvalue weighted by Gasteiger charge is 2.48. The molecule has 4 rings (SSSR count). The molecule has 6 heteroatoms. The van der Waals surface area contributed by atoms with Crippen LogP contribution in [0.1, 0.15) is 35.1 Å². The Balaban J connectivity index is 1.96. The number of hydrogen-bond donors (Lipinski definition) is 0. The predicted molar refractivity (Wildman–Crippen MR) is 119 cm³/mol. The van der Waals surface area contributed by atoms with E-state index in [0.29, 0.717) is 22.3 Å². The summed E-state index contributed by atoms with van der Waals surface area (Å²) in [6.45, 7) is 1.73. The number of benzene rings is 3. The van der Waals surface area contributed by atoms with E-state index in [1.807, 2.05) is 36.4 Å². The third kappa shape index (κ3) is 4.33. The van der Waals surface area contributed by atoms with Crippen molar-refractivity contribution < 1.29 is 27.5 Å². The van der Waals surface area contributed by atoms with Gasteiger partial charge in [-0.15, -0.1) is 0 Å². The van der Waals surface area contributed by atoms with Crippen molar-refractivity contribution in [3.8, 4) is 0 Å². The van der Waals surface area contributed by atoms with Crippen LogP contribution in [-0.2, 0) is 20.5 Å². The van der Waals surface area contributed by atoms with E-state index < -0.39 is 35.3 Å². The Hall–Kier alpha value is -3.67. The fourth-order valence-corrected chi connectivity index (χ4v) is 4.32. The van der Waals surface area contributed by atoms with Crippen molar-refractivity contribution in [2.75, 3.05) is 6.61 Å². The van der Waals surface area contributed by atoms with Crippen molar-refractivity contribution in [1.29, 1.82) is 0 Å². The molecule has 33 heavy (non-hydrogen) atoms. The number of Topliss-reactive ketones (excluding diaryl/α,β-unsaturated/α-hetero) is 1. The third-order valence-electron chi connectivity index (χ3n) is 5.73. The lowest BCUT2D eigenvalue weighted by Gasteiger charge is -2.22. The summed E-state index contributed by atoms with van der Waals surface area (Å²) in [7, 11) is 0. The predicted octanol–water partition coefficient (Wildman–Crippen LogP) is 6.16. The molecule has 1 aliphatic rings. The summed E-state index contributed by atoms with van der Waals surface area (Å²) in [5.74, 6) is -3.06. The number of esters is 1. The highest BCUT2D eigenvalue weighted by atomic mass is 19.4. The smallest absolute Gasteiger partial charge is 0.416 e. The van der Waals surface area contributed by atoms with E-state index in [1.165, 1.54) is 12.1 Å². The molecular formula is C27H21F3O3. The molecule has 0 saturated heterocycles. The molecule has 2 atom stereocenters. The Morgan fingerprint density at radius 1 is 0.848 bits per heavy atom. The Bertz CT molecular complexity index is 1180. The van der Waals surface area contributed by atoms with Gasteiger partial charge in [0.05, 0.1) is 12.2 Å². The van der Waals surface area contributed by atoms with Crippen molar-refractivity contribution in [3.05, 3.63) is 107 Å². The van der Waals surface area contributed by atoms with Gasteiger partial charge in [0.1, 0.15) is 5.92 Å². The molecule has 0 aromatic heterocycles. The maximum absolute atomic E-state index is 13.7. The van der Waals surface area contributed by atoms with Crippen LogP contribution in [0, 0.1) is 5.92 Å². The average Bonchev–Trinajstić information content (AvgIpc) is 3.13. The number of carbonyl (C=O) groups is 2. The summed E-state index contributed by atoms with van der Waals surface area (Å²) in [5.41, 5.74) is 2.00. The summed E-state index contributed by atoms with van der Waals surface area (Å²) < 4.78 is 44.7. The first-order valence-electron chi connectivity index (χ1n) is 10.6. The van der Waals surface area contributed by atoms with Crippen LogP contribution in [0.15, 0.2) is 84.9 Å². The molecule has 0 N–H and O–H groups in total. The Morgan fingerprint density at radius 2 is 1.39 bits per heavy atom. The molecule has 3 aromatic carbocycles. The molecule has 3 nitrogen and oxygen atoms in total. The van der Waals surface area contributed by atoms with Crippen molar-refractivity contribution in [1.82, 2.24) is 0 Å². The molecule has 1 aliphatic carbocycles. The fourth-order valence-electron chi connectivity index (χ4n) is 4.32. The van der Waals surface area contributed by atoms with Gasteiger partial charge in [0.25, 0.3) is 0 Å². The first-order valence-corrected chi connectivity index (χ1v) is 10.6. The number of ether oxygens (including phenoxy) is 1. The van der Waals surface area contributed by atoms with Crippen LogP contribution in [0.5, 0.6) is 0 Å². The molecule has 0 saturated carbocycles. The van der Waals surface area contributed by atoms with Gasteiger partial charge in [0, 0.05) is 11.5 Å². The molecule has 0 amide bonds. The zero-order chi connectivity index (χ0) is 23.6. The number of allylic oxidation sites excluding steroid dienone is 2. The molecule has 0 aliphatic heterocycles. The highest BCUT2D eigenvalue weighted by Crippen LogP contribution is 2.51. The molecule has 0 spiro atoms. The number of ketones is 1. The Labute approximate surface area is 189 Å². The quantitative estimate of drug-likeness (QED) is 0.345. The molecular weight excluding hydrogens is 429 g/mol. The number of alkyl halides is 3. The van der Waals surface area contributed by atoms with Gasteiger partial charge in [-0.3, -0.25) is 9.59 Å². The van der Waals surface area contributed by atoms with Crippen molar-refractivity contribution >= 4 is 22.9 Å². The van der Waals surface area contributed by atoms with E-state index in [4.69, 9.17) is 4.74 Å². The first-order chi connectivity index (χ1) is 15.8. The van der Waals surface area contributed by atoms with Crippen LogP contribution >= 0.6 is 0 Å². The minimum absolute atomic E-state index is 0.0870. The van der Waals surface area contributed by atoms with Crippen LogP contribution in [0.4, 0.5) is 13.2 Å². The second-order valence-corrected chi connectivity index (χ2v) is 7.71. The van der Waals surface area contributed by atoms with Crippen LogP contribution in [0.3, 0.4) is 0 Å². The van der Waals surface area contributed by atoms with Crippen molar-refractivity contribution in [3.63, 3.8) is 0 Å². The third-order valence-corrected chi connectivity index (χ3v) is 5.73. The van der Waals surface area contributed by atoms with Crippen LogP contribution in [0.25, 0.3) is 11.1 Å². The molecule has 0 heterocycles. The largest absolute Gasteiger partial charge is 0.465 e. The Kier molecular flexibility index (Phi) is 6.18. The lowest BCUT2D eigenvalue weighted by atomic mass is 9.81. The number of halogens is 3. The second-order valence-electron chi connectivity index (χ2n) is 7.71. The van der Waals surface area contributed by atoms with Crippen LogP contribution in [0.2, 0.25) is 0 Å². The first kappa shape index (κ1) is 22.5. The van der Waals surface area contributed by atoms with Crippen molar-refractivity contribution in [2.24, 2.45) is 5.92 Å². The summed E-state index contributed by atoms with van der Waals surface area (Å²) in [5, 5.41) is 0. The van der Waals surface area contributed by atoms with Gasteiger partial charge in [-0.2, -0.15) is 13.2 Å². The van der Waals surface area contributed by atoms with Gasteiger partial charge >= 0.3 is 12.1 Å². The van der Waals surface area contributed by atoms with E-state index in [9.17, 15) is 22.8 Å². The van der Waals surface area contributed by atoms with Crippen LogP contribution in [-0.4, -0.2) is 18.4 Å². The molecule has 0 bridgehead atoms. The van der Waals surface area contributed by atoms with E-state index in [2.05, 4.69) is 0 Å². The zero-order valence-electron chi connectivity index (χ0n) is 17.8. The zero-order valence-corrected chi connectivity index (χ0v) is 17.8. The van der Waals surface area contributed by atoms with Gasteiger partial charge in [0.15, 0.2) is 5.78 Å². The standard InChI is InChI=1S/C27H21F3O3/c1-2-33-26(32)24-22(19-13-15-20(16-14-19)27(28,29)30)21(17-9-5-3-6-10-17)23(25(24)31)18-11-7-4-8-12-18/h3-16,22,24H,2H2,1H3/t22-,24+/m0/s1. The number of carbonyl (C=O) groups excluding carboxylic acids is 2. The van der Waals surface area contributed by atoms with Gasteiger partial charge in [0.2, 0.25) is 0 Å². The van der Waals surface area contributed by atoms with Crippen molar-refractivity contribution in [2.45, 2.75) is 19.0 Å². The topological polar surface area (TPSA) is 43.4 Å². The van der Waals surface area contributed by atoms with Gasteiger partial charge in [-0.25, -0.2) is 0 Å². The minimum atomic E-state index is -4.49. The molecule has 0 radical (unpaired) electrons.